The van der Waals surface area contributed by atoms with Gasteiger partial charge in [-0.3, -0.25) is 9.69 Å². The fourth-order valence-electron chi connectivity index (χ4n) is 4.16. The molecule has 1 aromatic carbocycles. The van der Waals surface area contributed by atoms with Gasteiger partial charge in [-0.15, -0.1) is 0 Å². The number of methoxy groups -OCH3 is 1. The Balaban J connectivity index is 1.72. The maximum atomic E-state index is 14.5. The van der Waals surface area contributed by atoms with Crippen molar-refractivity contribution in [3.8, 4) is 5.75 Å². The molecule has 32 heavy (non-hydrogen) atoms. The molecule has 2 fully saturated rings. The number of morpholine rings is 1. The van der Waals surface area contributed by atoms with Crippen molar-refractivity contribution in [3.05, 3.63) is 47.2 Å². The van der Waals surface area contributed by atoms with Gasteiger partial charge in [0.25, 0.3) is 0 Å². The van der Waals surface area contributed by atoms with Crippen molar-refractivity contribution >= 4 is 17.4 Å². The van der Waals surface area contributed by atoms with E-state index in [1.165, 1.54) is 24.3 Å². The summed E-state index contributed by atoms with van der Waals surface area (Å²) in [6.45, 7) is 0.726. The number of benzene rings is 1. The Morgan fingerprint density at radius 3 is 2.41 bits per heavy atom. The molecule has 1 aromatic heterocycles. The molecular formula is C21H20F5N3O3. The number of amides is 1. The molecule has 1 atom stereocenters. The average Bonchev–Trinajstić information content (AvgIpc) is 3.13. The quantitative estimate of drug-likeness (QED) is 0.655. The lowest BCUT2D eigenvalue weighted by Crippen LogP contribution is -2.38. The normalized spacial score (nSPS) is 19.6. The van der Waals surface area contributed by atoms with Crippen LogP contribution in [0.15, 0.2) is 24.4 Å². The van der Waals surface area contributed by atoms with Crippen molar-refractivity contribution in [3.63, 3.8) is 0 Å². The van der Waals surface area contributed by atoms with Crippen LogP contribution in [0.5, 0.6) is 5.75 Å². The van der Waals surface area contributed by atoms with E-state index < -0.39 is 41.0 Å². The van der Waals surface area contributed by atoms with Crippen molar-refractivity contribution < 1.29 is 36.2 Å². The van der Waals surface area contributed by atoms with Crippen molar-refractivity contribution in [1.82, 2.24) is 4.98 Å². The summed E-state index contributed by atoms with van der Waals surface area (Å²) in [4.78, 5) is 18.9. The molecule has 11 heteroatoms. The molecule has 0 saturated carbocycles. The maximum absolute atomic E-state index is 14.5. The van der Waals surface area contributed by atoms with Crippen LogP contribution in [0.4, 0.5) is 33.5 Å². The molecule has 0 spiro atoms. The minimum absolute atomic E-state index is 0.0378. The number of hydrogen-bond donors (Lipinski definition) is 0. The molecule has 2 aliphatic rings. The first kappa shape index (κ1) is 22.3. The highest BCUT2D eigenvalue weighted by Crippen LogP contribution is 2.44. The van der Waals surface area contributed by atoms with Gasteiger partial charge >= 0.3 is 6.18 Å². The zero-order valence-corrected chi connectivity index (χ0v) is 17.1. The van der Waals surface area contributed by atoms with E-state index in [1.807, 2.05) is 0 Å². The second-order valence-electron chi connectivity index (χ2n) is 7.54. The fourth-order valence-corrected chi connectivity index (χ4v) is 4.16. The van der Waals surface area contributed by atoms with Crippen LogP contribution >= 0.6 is 0 Å². The van der Waals surface area contributed by atoms with E-state index >= 15 is 0 Å². The third kappa shape index (κ3) is 4.08. The smallest absolute Gasteiger partial charge is 0.421 e. The van der Waals surface area contributed by atoms with Crippen molar-refractivity contribution in [2.24, 2.45) is 0 Å². The van der Waals surface area contributed by atoms with Crippen LogP contribution < -0.4 is 14.5 Å². The average molecular weight is 457 g/mol. The van der Waals surface area contributed by atoms with Crippen molar-refractivity contribution in [1.29, 1.82) is 0 Å². The van der Waals surface area contributed by atoms with Gasteiger partial charge in [-0.25, -0.2) is 13.8 Å². The number of carbonyl (C=O) groups excluding carboxylic acids is 1. The van der Waals surface area contributed by atoms with E-state index in [4.69, 9.17) is 9.47 Å². The topological polar surface area (TPSA) is 54.9 Å². The summed E-state index contributed by atoms with van der Waals surface area (Å²) < 4.78 is 81.4. The number of hydrogen-bond acceptors (Lipinski definition) is 5. The van der Waals surface area contributed by atoms with Gasteiger partial charge in [-0.2, -0.15) is 13.2 Å². The minimum Gasteiger partial charge on any atom is -0.497 e. The summed E-state index contributed by atoms with van der Waals surface area (Å²) in [5.74, 6) is -4.11. The Kier molecular flexibility index (Phi) is 5.93. The number of rotatable bonds is 4. The Labute approximate surface area is 180 Å². The van der Waals surface area contributed by atoms with E-state index in [0.29, 0.717) is 0 Å². The number of anilines is 2. The predicted molar refractivity (Wildman–Crippen MR) is 105 cm³/mol. The van der Waals surface area contributed by atoms with Gasteiger partial charge in [0, 0.05) is 55.9 Å². The maximum Gasteiger partial charge on any atom is 0.421 e. The highest BCUT2D eigenvalue weighted by molar-refractivity contribution is 5.97. The van der Waals surface area contributed by atoms with Crippen LogP contribution in [0.3, 0.4) is 0 Å². The lowest BCUT2D eigenvalue weighted by atomic mass is 9.97. The molecule has 0 radical (unpaired) electrons. The Morgan fingerprint density at radius 2 is 1.81 bits per heavy atom. The summed E-state index contributed by atoms with van der Waals surface area (Å²) in [6.07, 6.45) is -3.95. The summed E-state index contributed by atoms with van der Waals surface area (Å²) in [5, 5.41) is 0. The lowest BCUT2D eigenvalue weighted by molar-refractivity contribution is -0.137. The lowest BCUT2D eigenvalue weighted by Gasteiger charge is -2.32. The van der Waals surface area contributed by atoms with E-state index in [-0.39, 0.29) is 56.3 Å². The number of carbonyl (C=O) groups is 1. The highest BCUT2D eigenvalue weighted by Gasteiger charge is 2.44. The van der Waals surface area contributed by atoms with Gasteiger partial charge in [0.2, 0.25) is 5.91 Å². The molecule has 3 heterocycles. The zero-order valence-electron chi connectivity index (χ0n) is 17.1. The van der Waals surface area contributed by atoms with E-state index in [9.17, 15) is 26.7 Å². The molecule has 2 aromatic rings. The molecule has 2 saturated heterocycles. The van der Waals surface area contributed by atoms with E-state index in [2.05, 4.69) is 4.98 Å². The number of ether oxygens (including phenoxy) is 2. The molecule has 4 rings (SSSR count). The number of alkyl halides is 3. The second kappa shape index (κ2) is 8.53. The molecule has 2 aliphatic heterocycles. The molecular weight excluding hydrogens is 437 g/mol. The summed E-state index contributed by atoms with van der Waals surface area (Å²) in [7, 11) is 1.25. The second-order valence-corrected chi connectivity index (χ2v) is 7.54. The zero-order chi connectivity index (χ0) is 23.0. The van der Waals surface area contributed by atoms with Crippen LogP contribution in [-0.4, -0.2) is 50.8 Å². The van der Waals surface area contributed by atoms with Crippen LogP contribution in [0.25, 0.3) is 0 Å². The number of halogens is 5. The largest absolute Gasteiger partial charge is 0.497 e. The van der Waals surface area contributed by atoms with Crippen LogP contribution in [0, 0.1) is 11.6 Å². The van der Waals surface area contributed by atoms with Gasteiger partial charge in [0.15, 0.2) is 0 Å². The highest BCUT2D eigenvalue weighted by atomic mass is 19.4. The van der Waals surface area contributed by atoms with Gasteiger partial charge in [0.05, 0.1) is 26.0 Å². The fraction of sp³-hybridized carbons (Fsp3) is 0.429. The molecule has 1 unspecified atom stereocenters. The van der Waals surface area contributed by atoms with E-state index in [0.717, 1.165) is 17.0 Å². The minimum atomic E-state index is -4.80. The van der Waals surface area contributed by atoms with Gasteiger partial charge < -0.3 is 14.4 Å². The third-order valence-corrected chi connectivity index (χ3v) is 5.62. The summed E-state index contributed by atoms with van der Waals surface area (Å²) >= 11 is 0. The van der Waals surface area contributed by atoms with Crippen LogP contribution in [0.2, 0.25) is 0 Å². The van der Waals surface area contributed by atoms with Crippen molar-refractivity contribution in [2.45, 2.75) is 18.5 Å². The molecule has 0 bridgehead atoms. The van der Waals surface area contributed by atoms with Gasteiger partial charge in [0.1, 0.15) is 28.8 Å². The Hall–Kier alpha value is -2.95. The number of aromatic nitrogens is 1. The van der Waals surface area contributed by atoms with E-state index in [1.54, 1.807) is 0 Å². The Morgan fingerprint density at radius 1 is 1.16 bits per heavy atom. The Bertz CT molecular complexity index is 1000. The van der Waals surface area contributed by atoms with Gasteiger partial charge in [-0.05, 0) is 6.07 Å². The molecule has 172 valence electrons. The predicted octanol–water partition coefficient (Wildman–Crippen LogP) is 3.74. The SMILES string of the molecule is COc1cc(F)c(C2CC(=O)N(c3nccc(N4CCOCC4)c3C(F)(F)F)C2)c(F)c1. The molecule has 6 nitrogen and oxygen atoms in total. The summed E-state index contributed by atoms with van der Waals surface area (Å²) in [5.41, 5.74) is -1.52. The molecule has 0 aliphatic carbocycles. The molecule has 0 N–H and O–H groups in total. The van der Waals surface area contributed by atoms with Crippen LogP contribution in [-0.2, 0) is 15.7 Å². The number of nitrogens with zero attached hydrogens (tertiary/aromatic N) is 3. The van der Waals surface area contributed by atoms with Crippen LogP contribution in [0.1, 0.15) is 23.5 Å². The first-order valence-corrected chi connectivity index (χ1v) is 9.93. The summed E-state index contributed by atoms with van der Waals surface area (Å²) in [6, 6.07) is 3.20. The first-order chi connectivity index (χ1) is 15.2. The third-order valence-electron chi connectivity index (χ3n) is 5.62. The standard InChI is InChI=1S/C21H20F5N3O3/c1-31-13-9-14(22)18(15(23)10-13)12-8-17(30)29(11-12)20-19(21(24,25)26)16(2-3-27-20)28-4-6-32-7-5-28/h2-3,9-10,12H,4-8,11H2,1H3. The number of pyridine rings is 1. The first-order valence-electron chi connectivity index (χ1n) is 9.93. The molecule has 1 amide bonds. The monoisotopic (exact) mass is 457 g/mol. The van der Waals surface area contributed by atoms with Gasteiger partial charge in [-0.1, -0.05) is 0 Å². The van der Waals surface area contributed by atoms with Crippen molar-refractivity contribution in [2.75, 3.05) is 49.8 Å².